The van der Waals surface area contributed by atoms with Gasteiger partial charge in [-0.3, -0.25) is 4.98 Å². The molecule has 0 N–H and O–H groups in total. The van der Waals surface area contributed by atoms with Crippen LogP contribution in [0.5, 0.6) is 0 Å². The van der Waals surface area contributed by atoms with Crippen molar-refractivity contribution in [1.29, 1.82) is 5.26 Å². The zero-order valence-electron chi connectivity index (χ0n) is 7.55. The molecule has 5 heteroatoms. The van der Waals surface area contributed by atoms with Gasteiger partial charge in [-0.2, -0.15) is 5.26 Å². The van der Waals surface area contributed by atoms with Crippen molar-refractivity contribution < 1.29 is 0 Å². The van der Waals surface area contributed by atoms with E-state index in [2.05, 4.69) is 15.0 Å². The van der Waals surface area contributed by atoms with Crippen LogP contribution in [0.15, 0.2) is 30.7 Å². The molecule has 2 rings (SSSR count). The SMILES string of the molecule is N#Cc1ccnc(-c2cc(Cl)ncn2)c1. The van der Waals surface area contributed by atoms with Crippen molar-refractivity contribution in [1.82, 2.24) is 15.0 Å². The lowest BCUT2D eigenvalue weighted by molar-refractivity contribution is 1.15. The van der Waals surface area contributed by atoms with Gasteiger partial charge in [-0.15, -0.1) is 0 Å². The summed E-state index contributed by atoms with van der Waals surface area (Å²) in [6.45, 7) is 0. The molecule has 0 aliphatic rings. The Labute approximate surface area is 91.2 Å². The van der Waals surface area contributed by atoms with Crippen LogP contribution in [-0.2, 0) is 0 Å². The normalized spacial score (nSPS) is 9.60. The zero-order valence-corrected chi connectivity index (χ0v) is 8.31. The maximum Gasteiger partial charge on any atom is 0.133 e. The number of hydrogen-bond acceptors (Lipinski definition) is 4. The fraction of sp³-hybridized carbons (Fsp3) is 0. The number of aromatic nitrogens is 3. The molecule has 0 saturated carbocycles. The number of hydrogen-bond donors (Lipinski definition) is 0. The smallest absolute Gasteiger partial charge is 0.133 e. The first kappa shape index (κ1) is 9.56. The molecule has 4 nitrogen and oxygen atoms in total. The molecule has 0 amide bonds. The van der Waals surface area contributed by atoms with Gasteiger partial charge in [-0.1, -0.05) is 11.6 Å². The first-order valence-electron chi connectivity index (χ1n) is 4.13. The monoisotopic (exact) mass is 216 g/mol. The molecule has 0 aliphatic heterocycles. The van der Waals surface area contributed by atoms with E-state index in [1.165, 1.54) is 6.33 Å². The van der Waals surface area contributed by atoms with Gasteiger partial charge in [0.15, 0.2) is 0 Å². The molecule has 0 radical (unpaired) electrons. The largest absolute Gasteiger partial charge is 0.255 e. The molecule has 2 aromatic heterocycles. The van der Waals surface area contributed by atoms with Crippen molar-refractivity contribution in [3.8, 4) is 17.5 Å². The molecule has 2 aromatic rings. The number of halogens is 1. The minimum Gasteiger partial charge on any atom is -0.255 e. The van der Waals surface area contributed by atoms with E-state index >= 15 is 0 Å². The van der Waals surface area contributed by atoms with E-state index in [0.717, 1.165) is 0 Å². The minimum absolute atomic E-state index is 0.351. The fourth-order valence-electron chi connectivity index (χ4n) is 1.11. The molecule has 0 aromatic carbocycles. The first-order valence-corrected chi connectivity index (χ1v) is 4.51. The summed E-state index contributed by atoms with van der Waals surface area (Å²) in [5.74, 6) is 0. The Morgan fingerprint density at radius 3 is 2.67 bits per heavy atom. The van der Waals surface area contributed by atoms with Gasteiger partial charge in [-0.25, -0.2) is 9.97 Å². The maximum atomic E-state index is 8.73. The van der Waals surface area contributed by atoms with E-state index in [1.54, 1.807) is 24.4 Å². The lowest BCUT2D eigenvalue weighted by Crippen LogP contribution is -1.89. The molecule has 15 heavy (non-hydrogen) atoms. The molecule has 0 unspecified atom stereocenters. The summed E-state index contributed by atoms with van der Waals surface area (Å²) in [6.07, 6.45) is 2.92. The summed E-state index contributed by atoms with van der Waals surface area (Å²) in [5, 5.41) is 9.08. The third kappa shape index (κ3) is 2.09. The van der Waals surface area contributed by atoms with Crippen LogP contribution in [0, 0.1) is 11.3 Å². The third-order valence-electron chi connectivity index (χ3n) is 1.79. The molecular weight excluding hydrogens is 212 g/mol. The van der Waals surface area contributed by atoms with Crippen molar-refractivity contribution in [2.24, 2.45) is 0 Å². The van der Waals surface area contributed by atoms with Gasteiger partial charge in [0.1, 0.15) is 11.5 Å². The summed E-state index contributed by atoms with van der Waals surface area (Å²) in [7, 11) is 0. The van der Waals surface area contributed by atoms with Crippen LogP contribution in [0.1, 0.15) is 5.56 Å². The standard InChI is InChI=1S/C10H5ClN4/c11-10-4-9(14-6-15-10)8-3-7(5-12)1-2-13-8/h1-4,6H. The fourth-order valence-corrected chi connectivity index (χ4v) is 1.26. The average Bonchev–Trinajstić information content (AvgIpc) is 2.29. The second-order valence-electron chi connectivity index (χ2n) is 2.77. The molecule has 0 aliphatic carbocycles. The van der Waals surface area contributed by atoms with Crippen LogP contribution in [0.3, 0.4) is 0 Å². The highest BCUT2D eigenvalue weighted by molar-refractivity contribution is 6.29. The lowest BCUT2D eigenvalue weighted by atomic mass is 10.2. The first-order chi connectivity index (χ1) is 7.29. The Bertz CT molecular complexity index is 533. The zero-order chi connectivity index (χ0) is 10.7. The van der Waals surface area contributed by atoms with Crippen LogP contribution < -0.4 is 0 Å². The third-order valence-corrected chi connectivity index (χ3v) is 1.99. The summed E-state index contributed by atoms with van der Waals surface area (Å²) >= 11 is 5.72. The van der Waals surface area contributed by atoms with Gasteiger partial charge in [0, 0.05) is 12.3 Å². The predicted octanol–water partition coefficient (Wildman–Crippen LogP) is 2.06. The second kappa shape index (κ2) is 4.03. The second-order valence-corrected chi connectivity index (χ2v) is 3.15. The highest BCUT2D eigenvalue weighted by atomic mass is 35.5. The van der Waals surface area contributed by atoms with Crippen LogP contribution in [0.4, 0.5) is 0 Å². The van der Waals surface area contributed by atoms with Crippen LogP contribution in [0.2, 0.25) is 5.15 Å². The average molecular weight is 217 g/mol. The van der Waals surface area contributed by atoms with E-state index in [4.69, 9.17) is 16.9 Å². The quantitative estimate of drug-likeness (QED) is 0.685. The molecule has 72 valence electrons. The number of nitrogens with zero attached hydrogens (tertiary/aromatic N) is 4. The number of pyridine rings is 1. The van der Waals surface area contributed by atoms with Crippen molar-refractivity contribution >= 4 is 11.6 Å². The summed E-state index contributed by atoms with van der Waals surface area (Å²) < 4.78 is 0. The van der Waals surface area contributed by atoms with Gasteiger partial charge < -0.3 is 0 Å². The van der Waals surface area contributed by atoms with Gasteiger partial charge in [0.2, 0.25) is 0 Å². The molecule has 0 saturated heterocycles. The molecule has 0 atom stereocenters. The topological polar surface area (TPSA) is 62.5 Å². The molecule has 0 bridgehead atoms. The van der Waals surface area contributed by atoms with Crippen molar-refractivity contribution in [2.45, 2.75) is 0 Å². The van der Waals surface area contributed by atoms with Gasteiger partial charge in [0.05, 0.1) is 23.0 Å². The van der Waals surface area contributed by atoms with E-state index in [1.807, 2.05) is 6.07 Å². The Morgan fingerprint density at radius 2 is 1.93 bits per heavy atom. The van der Waals surface area contributed by atoms with E-state index in [0.29, 0.717) is 22.1 Å². The van der Waals surface area contributed by atoms with E-state index in [9.17, 15) is 0 Å². The Morgan fingerprint density at radius 1 is 1.13 bits per heavy atom. The molecule has 0 spiro atoms. The lowest BCUT2D eigenvalue weighted by Gasteiger charge is -1.99. The predicted molar refractivity (Wildman–Crippen MR) is 55.0 cm³/mol. The maximum absolute atomic E-state index is 8.73. The van der Waals surface area contributed by atoms with Gasteiger partial charge >= 0.3 is 0 Å². The summed E-state index contributed by atoms with van der Waals surface area (Å²) in [4.78, 5) is 11.9. The van der Waals surface area contributed by atoms with Gasteiger partial charge in [0.25, 0.3) is 0 Å². The van der Waals surface area contributed by atoms with Crippen molar-refractivity contribution in [3.63, 3.8) is 0 Å². The number of rotatable bonds is 1. The molecule has 0 fully saturated rings. The Kier molecular flexibility index (Phi) is 2.57. The molecular formula is C10H5ClN4. The van der Waals surface area contributed by atoms with E-state index in [-0.39, 0.29) is 0 Å². The van der Waals surface area contributed by atoms with Crippen molar-refractivity contribution in [3.05, 3.63) is 41.4 Å². The Hall–Kier alpha value is -1.99. The molecule has 2 heterocycles. The van der Waals surface area contributed by atoms with Crippen LogP contribution in [0.25, 0.3) is 11.4 Å². The highest BCUT2D eigenvalue weighted by Gasteiger charge is 2.02. The van der Waals surface area contributed by atoms with Gasteiger partial charge in [-0.05, 0) is 12.1 Å². The van der Waals surface area contributed by atoms with Crippen LogP contribution in [-0.4, -0.2) is 15.0 Å². The van der Waals surface area contributed by atoms with Crippen LogP contribution >= 0.6 is 11.6 Å². The Balaban J connectivity index is 2.50. The van der Waals surface area contributed by atoms with E-state index < -0.39 is 0 Å². The minimum atomic E-state index is 0.351. The summed E-state index contributed by atoms with van der Waals surface area (Å²) in [5.41, 5.74) is 1.75. The highest BCUT2D eigenvalue weighted by Crippen LogP contribution is 2.16. The summed E-state index contributed by atoms with van der Waals surface area (Å²) in [6, 6.07) is 6.92. The number of nitriles is 1. The van der Waals surface area contributed by atoms with Crippen molar-refractivity contribution in [2.75, 3.05) is 0 Å².